The van der Waals surface area contributed by atoms with E-state index in [0.717, 1.165) is 0 Å². The third kappa shape index (κ3) is 3.10. The molecule has 22 heavy (non-hydrogen) atoms. The second-order valence-electron chi connectivity index (χ2n) is 4.55. The van der Waals surface area contributed by atoms with Gasteiger partial charge < -0.3 is 14.8 Å². The molecule has 0 aliphatic carbocycles. The minimum atomic E-state index is -0.477. The summed E-state index contributed by atoms with van der Waals surface area (Å²) >= 11 is 6.61. The monoisotopic (exact) mass is 429 g/mol. The minimum absolute atomic E-state index is 0.210. The molecule has 0 aromatic heterocycles. The van der Waals surface area contributed by atoms with Crippen LogP contribution in [0.5, 0.6) is 11.5 Å². The smallest absolute Gasteiger partial charge is 0.256 e. The van der Waals surface area contributed by atoms with Crippen molar-refractivity contribution in [2.75, 3.05) is 18.5 Å². The topological polar surface area (TPSA) is 47.6 Å². The Bertz CT molecular complexity index is 752. The number of carbonyl (C=O) groups excluding carboxylic acids is 1. The molecule has 0 bridgehead atoms. The van der Waals surface area contributed by atoms with Crippen LogP contribution in [0.1, 0.15) is 10.4 Å². The van der Waals surface area contributed by atoms with Crippen LogP contribution in [0.2, 0.25) is 0 Å². The predicted octanol–water partition coefficient (Wildman–Crippen LogP) is 4.37. The lowest BCUT2D eigenvalue weighted by Crippen LogP contribution is -2.17. The Balaban J connectivity index is 1.89. The lowest BCUT2D eigenvalue weighted by molar-refractivity contribution is 0.102. The van der Waals surface area contributed by atoms with E-state index < -0.39 is 11.7 Å². The highest BCUT2D eigenvalue weighted by atomic mass is 79.9. The molecule has 0 fully saturated rings. The second kappa shape index (κ2) is 6.26. The maximum absolute atomic E-state index is 13.3. The molecule has 3 rings (SSSR count). The van der Waals surface area contributed by atoms with Gasteiger partial charge in [0, 0.05) is 21.1 Å². The van der Waals surface area contributed by atoms with E-state index in [1.807, 2.05) is 0 Å². The average Bonchev–Trinajstić information content (AvgIpc) is 2.50. The molecule has 1 N–H and O–H groups in total. The molecule has 0 radical (unpaired) electrons. The SMILES string of the molecule is O=C(Nc1cc2c(cc1Br)OCCO2)c1cc(F)ccc1Br. The zero-order valence-corrected chi connectivity index (χ0v) is 14.3. The largest absolute Gasteiger partial charge is 0.486 e. The fourth-order valence-electron chi connectivity index (χ4n) is 2.02. The van der Waals surface area contributed by atoms with Gasteiger partial charge in [-0.05, 0) is 50.1 Å². The van der Waals surface area contributed by atoms with Crippen LogP contribution in [0.15, 0.2) is 39.3 Å². The van der Waals surface area contributed by atoms with Crippen LogP contribution in [0, 0.1) is 5.82 Å². The molecule has 1 aliphatic heterocycles. The highest BCUT2D eigenvalue weighted by Gasteiger charge is 2.18. The van der Waals surface area contributed by atoms with Crippen LogP contribution in [0.3, 0.4) is 0 Å². The molecular weight excluding hydrogens is 421 g/mol. The molecule has 0 saturated carbocycles. The fourth-order valence-corrected chi connectivity index (χ4v) is 2.87. The lowest BCUT2D eigenvalue weighted by atomic mass is 10.2. The molecule has 0 unspecified atom stereocenters. The summed E-state index contributed by atoms with van der Waals surface area (Å²) in [6.07, 6.45) is 0. The van der Waals surface area contributed by atoms with E-state index in [1.54, 1.807) is 12.1 Å². The van der Waals surface area contributed by atoms with Crippen molar-refractivity contribution < 1.29 is 18.7 Å². The predicted molar refractivity (Wildman–Crippen MR) is 87.2 cm³/mol. The molecule has 114 valence electrons. The third-order valence-electron chi connectivity index (χ3n) is 3.05. The summed E-state index contributed by atoms with van der Waals surface area (Å²) in [5, 5.41) is 2.73. The second-order valence-corrected chi connectivity index (χ2v) is 6.26. The van der Waals surface area contributed by atoms with Crippen molar-refractivity contribution >= 4 is 43.5 Å². The minimum Gasteiger partial charge on any atom is -0.486 e. The van der Waals surface area contributed by atoms with Crippen LogP contribution < -0.4 is 14.8 Å². The Morgan fingerprint density at radius 2 is 1.73 bits per heavy atom. The van der Waals surface area contributed by atoms with Crippen molar-refractivity contribution in [1.29, 1.82) is 0 Å². The highest BCUT2D eigenvalue weighted by molar-refractivity contribution is 9.11. The van der Waals surface area contributed by atoms with Crippen molar-refractivity contribution in [3.8, 4) is 11.5 Å². The fraction of sp³-hybridized carbons (Fsp3) is 0.133. The van der Waals surface area contributed by atoms with Crippen LogP contribution in [-0.2, 0) is 0 Å². The number of hydrogen-bond donors (Lipinski definition) is 1. The molecule has 0 atom stereocenters. The summed E-state index contributed by atoms with van der Waals surface area (Å²) in [6.45, 7) is 0.943. The Morgan fingerprint density at radius 3 is 2.45 bits per heavy atom. The molecule has 7 heteroatoms. The van der Waals surface area contributed by atoms with Gasteiger partial charge in [-0.3, -0.25) is 4.79 Å². The zero-order valence-electron chi connectivity index (χ0n) is 11.2. The van der Waals surface area contributed by atoms with Gasteiger partial charge in [0.2, 0.25) is 0 Å². The number of halogens is 3. The molecule has 1 amide bonds. The summed E-state index contributed by atoms with van der Waals surface area (Å²) in [5.41, 5.74) is 0.729. The number of benzene rings is 2. The van der Waals surface area contributed by atoms with Crippen molar-refractivity contribution in [3.05, 3.63) is 50.7 Å². The number of amides is 1. The summed E-state index contributed by atoms with van der Waals surface area (Å²) in [7, 11) is 0. The molecule has 2 aromatic rings. The van der Waals surface area contributed by atoms with E-state index in [-0.39, 0.29) is 5.56 Å². The molecule has 1 aliphatic rings. The normalized spacial score (nSPS) is 12.9. The van der Waals surface area contributed by atoms with E-state index >= 15 is 0 Å². The summed E-state index contributed by atoms with van der Waals surface area (Å²) in [4.78, 5) is 12.3. The van der Waals surface area contributed by atoms with Gasteiger partial charge in [0.25, 0.3) is 5.91 Å². The first-order valence-electron chi connectivity index (χ1n) is 6.40. The summed E-state index contributed by atoms with van der Waals surface area (Å²) < 4.78 is 25.4. The number of hydrogen-bond acceptors (Lipinski definition) is 3. The Morgan fingerprint density at radius 1 is 1.05 bits per heavy atom. The van der Waals surface area contributed by atoms with Gasteiger partial charge >= 0.3 is 0 Å². The van der Waals surface area contributed by atoms with Crippen LogP contribution in [-0.4, -0.2) is 19.1 Å². The van der Waals surface area contributed by atoms with Gasteiger partial charge in [-0.25, -0.2) is 4.39 Å². The van der Waals surface area contributed by atoms with E-state index in [1.165, 1.54) is 18.2 Å². The first kappa shape index (κ1) is 15.3. The number of carbonyl (C=O) groups is 1. The van der Waals surface area contributed by atoms with Gasteiger partial charge in [0.05, 0.1) is 11.3 Å². The van der Waals surface area contributed by atoms with E-state index in [2.05, 4.69) is 37.2 Å². The van der Waals surface area contributed by atoms with Crippen molar-refractivity contribution in [3.63, 3.8) is 0 Å². The number of fused-ring (bicyclic) bond motifs is 1. The van der Waals surface area contributed by atoms with E-state index in [4.69, 9.17) is 9.47 Å². The standard InChI is InChI=1S/C15H10Br2FNO3/c16-10-2-1-8(18)5-9(10)15(20)19-12-7-14-13(6-11(12)17)21-3-4-22-14/h1-2,5-7H,3-4H2,(H,19,20). The number of ether oxygens (including phenoxy) is 2. The molecular formula is C15H10Br2FNO3. The molecule has 0 spiro atoms. The van der Waals surface area contributed by atoms with E-state index in [0.29, 0.717) is 39.3 Å². The van der Waals surface area contributed by atoms with Crippen molar-refractivity contribution in [2.24, 2.45) is 0 Å². The quantitative estimate of drug-likeness (QED) is 0.769. The number of nitrogens with one attached hydrogen (secondary N) is 1. The van der Waals surface area contributed by atoms with Crippen molar-refractivity contribution in [1.82, 2.24) is 0 Å². The maximum Gasteiger partial charge on any atom is 0.256 e. The Kier molecular flexibility index (Phi) is 4.35. The average molecular weight is 431 g/mol. The number of anilines is 1. The Hall–Kier alpha value is -1.60. The van der Waals surface area contributed by atoms with Crippen LogP contribution in [0.25, 0.3) is 0 Å². The highest BCUT2D eigenvalue weighted by Crippen LogP contribution is 2.38. The van der Waals surface area contributed by atoms with Crippen LogP contribution >= 0.6 is 31.9 Å². The van der Waals surface area contributed by atoms with Crippen LogP contribution in [0.4, 0.5) is 10.1 Å². The summed E-state index contributed by atoms with van der Waals surface area (Å²) in [5.74, 6) is 0.268. The van der Waals surface area contributed by atoms with Gasteiger partial charge in [-0.2, -0.15) is 0 Å². The zero-order chi connectivity index (χ0) is 15.7. The van der Waals surface area contributed by atoms with Crippen molar-refractivity contribution in [2.45, 2.75) is 0 Å². The third-order valence-corrected chi connectivity index (χ3v) is 4.40. The van der Waals surface area contributed by atoms with E-state index in [9.17, 15) is 9.18 Å². The summed E-state index contributed by atoms with van der Waals surface area (Å²) in [6, 6.07) is 7.34. The molecule has 4 nitrogen and oxygen atoms in total. The molecule has 1 heterocycles. The maximum atomic E-state index is 13.3. The molecule has 2 aromatic carbocycles. The van der Waals surface area contributed by atoms with Gasteiger partial charge in [0.15, 0.2) is 11.5 Å². The number of rotatable bonds is 2. The molecule has 0 saturated heterocycles. The Labute approximate surface area is 142 Å². The van der Waals surface area contributed by atoms with Gasteiger partial charge in [-0.1, -0.05) is 0 Å². The lowest BCUT2D eigenvalue weighted by Gasteiger charge is -2.20. The first-order chi connectivity index (χ1) is 10.5. The van der Waals surface area contributed by atoms with Gasteiger partial charge in [0.1, 0.15) is 19.0 Å². The first-order valence-corrected chi connectivity index (χ1v) is 7.99. The van der Waals surface area contributed by atoms with Gasteiger partial charge in [-0.15, -0.1) is 0 Å².